The number of hydrogen-bond donors (Lipinski definition) is 2. The number of carbonyl (C=O) groups excluding carboxylic acids is 1. The second-order valence-corrected chi connectivity index (χ2v) is 5.94. The predicted molar refractivity (Wildman–Crippen MR) is 96.1 cm³/mol. The van der Waals surface area contributed by atoms with E-state index in [1.807, 2.05) is 0 Å². The molecule has 3 rings (SSSR count). The number of anilines is 3. The molecule has 26 heavy (non-hydrogen) atoms. The maximum Gasteiger partial charge on any atom is 0.274 e. The molecule has 132 valence electrons. The van der Waals surface area contributed by atoms with Gasteiger partial charge in [0, 0.05) is 23.0 Å². The van der Waals surface area contributed by atoms with Crippen LogP contribution in [0, 0.1) is 11.6 Å². The largest absolute Gasteiger partial charge is 0.324 e. The Morgan fingerprint density at radius 2 is 1.81 bits per heavy atom. The number of carbonyl (C=O) groups is 1. The van der Waals surface area contributed by atoms with Crippen molar-refractivity contribution in [2.45, 2.75) is 0 Å². The molecule has 2 aromatic carbocycles. The van der Waals surface area contributed by atoms with Crippen molar-refractivity contribution in [2.24, 2.45) is 0 Å². The van der Waals surface area contributed by atoms with Crippen LogP contribution in [0.2, 0.25) is 10.0 Å². The first-order valence-electron chi connectivity index (χ1n) is 7.24. The Hall–Kier alpha value is -2.77. The molecule has 0 aliphatic carbocycles. The SMILES string of the molecule is O=C(Nc1cc(Cl)ccc1Cl)c1ccnc(Nc2ccc(F)c(F)c2)n1. The molecule has 0 saturated heterocycles. The second kappa shape index (κ2) is 7.63. The summed E-state index contributed by atoms with van der Waals surface area (Å²) in [6.07, 6.45) is 1.35. The van der Waals surface area contributed by atoms with Crippen LogP contribution in [0.3, 0.4) is 0 Å². The molecule has 9 heteroatoms. The summed E-state index contributed by atoms with van der Waals surface area (Å²) in [5.74, 6) is -2.48. The normalized spacial score (nSPS) is 10.5. The van der Waals surface area contributed by atoms with E-state index >= 15 is 0 Å². The molecular weight excluding hydrogens is 385 g/mol. The van der Waals surface area contributed by atoms with Gasteiger partial charge < -0.3 is 10.6 Å². The standard InChI is InChI=1S/C17H10Cl2F2N4O/c18-9-1-3-11(19)15(7-9)24-16(26)14-5-6-22-17(25-14)23-10-2-4-12(20)13(21)8-10/h1-8H,(H,24,26)(H,22,23,25). The predicted octanol–water partition coefficient (Wildman–Crippen LogP) is 5.06. The lowest BCUT2D eigenvalue weighted by molar-refractivity contribution is 0.102. The van der Waals surface area contributed by atoms with E-state index in [1.165, 1.54) is 24.4 Å². The highest BCUT2D eigenvalue weighted by atomic mass is 35.5. The highest BCUT2D eigenvalue weighted by Crippen LogP contribution is 2.26. The molecular formula is C17H10Cl2F2N4O. The van der Waals surface area contributed by atoms with Crippen LogP contribution in [0.1, 0.15) is 10.5 Å². The lowest BCUT2D eigenvalue weighted by atomic mass is 10.3. The molecule has 0 fully saturated rings. The minimum atomic E-state index is -1.01. The van der Waals surface area contributed by atoms with Crippen LogP contribution in [0.5, 0.6) is 0 Å². The monoisotopic (exact) mass is 394 g/mol. The zero-order valence-electron chi connectivity index (χ0n) is 12.9. The fraction of sp³-hybridized carbons (Fsp3) is 0. The van der Waals surface area contributed by atoms with Gasteiger partial charge in [-0.25, -0.2) is 18.7 Å². The zero-order valence-corrected chi connectivity index (χ0v) is 14.4. The van der Waals surface area contributed by atoms with E-state index in [9.17, 15) is 13.6 Å². The Morgan fingerprint density at radius 3 is 2.58 bits per heavy atom. The number of halogens is 4. The fourth-order valence-electron chi connectivity index (χ4n) is 2.03. The molecule has 2 N–H and O–H groups in total. The molecule has 0 saturated carbocycles. The van der Waals surface area contributed by atoms with Gasteiger partial charge in [0.1, 0.15) is 5.69 Å². The van der Waals surface area contributed by atoms with Crippen molar-refractivity contribution in [3.8, 4) is 0 Å². The number of rotatable bonds is 4. The summed E-state index contributed by atoms with van der Waals surface area (Å²) < 4.78 is 26.2. The third-order valence-electron chi connectivity index (χ3n) is 3.24. The van der Waals surface area contributed by atoms with E-state index in [2.05, 4.69) is 20.6 Å². The second-order valence-electron chi connectivity index (χ2n) is 5.10. The molecule has 0 bridgehead atoms. The van der Waals surface area contributed by atoms with E-state index in [-0.39, 0.29) is 17.3 Å². The summed E-state index contributed by atoms with van der Waals surface area (Å²) in [5, 5.41) is 6.01. The molecule has 1 amide bonds. The molecule has 0 unspecified atom stereocenters. The van der Waals surface area contributed by atoms with Crippen molar-refractivity contribution < 1.29 is 13.6 Å². The van der Waals surface area contributed by atoms with E-state index in [0.717, 1.165) is 12.1 Å². The van der Waals surface area contributed by atoms with Gasteiger partial charge in [0.05, 0.1) is 10.7 Å². The number of benzene rings is 2. The maximum absolute atomic E-state index is 13.3. The van der Waals surface area contributed by atoms with Crippen molar-refractivity contribution in [3.63, 3.8) is 0 Å². The fourth-order valence-corrected chi connectivity index (χ4v) is 2.36. The smallest absolute Gasteiger partial charge is 0.274 e. The Labute approximate surface area is 157 Å². The van der Waals surface area contributed by atoms with Gasteiger partial charge in [-0.2, -0.15) is 0 Å². The summed E-state index contributed by atoms with van der Waals surface area (Å²) >= 11 is 11.9. The maximum atomic E-state index is 13.3. The van der Waals surface area contributed by atoms with Crippen LogP contribution in [0.4, 0.5) is 26.1 Å². The summed E-state index contributed by atoms with van der Waals surface area (Å²) in [6.45, 7) is 0. The molecule has 0 aliphatic heterocycles. The first kappa shape index (κ1) is 18.0. The van der Waals surface area contributed by atoms with Crippen LogP contribution >= 0.6 is 23.2 Å². The van der Waals surface area contributed by atoms with Crippen molar-refractivity contribution in [3.05, 3.63) is 76.0 Å². The van der Waals surface area contributed by atoms with E-state index < -0.39 is 17.5 Å². The van der Waals surface area contributed by atoms with E-state index in [1.54, 1.807) is 12.1 Å². The molecule has 0 aliphatic rings. The van der Waals surface area contributed by atoms with Crippen molar-refractivity contribution in [1.82, 2.24) is 9.97 Å². The molecule has 0 spiro atoms. The number of aromatic nitrogens is 2. The van der Waals surface area contributed by atoms with Crippen LogP contribution in [-0.4, -0.2) is 15.9 Å². The first-order valence-corrected chi connectivity index (χ1v) is 7.99. The Kier molecular flexibility index (Phi) is 5.29. The number of nitrogens with zero attached hydrogens (tertiary/aromatic N) is 2. The van der Waals surface area contributed by atoms with Gasteiger partial charge in [-0.05, 0) is 36.4 Å². The van der Waals surface area contributed by atoms with Gasteiger partial charge in [-0.3, -0.25) is 4.79 Å². The van der Waals surface area contributed by atoms with Crippen LogP contribution < -0.4 is 10.6 Å². The highest BCUT2D eigenvalue weighted by molar-refractivity contribution is 6.35. The third-order valence-corrected chi connectivity index (χ3v) is 3.81. The van der Waals surface area contributed by atoms with Gasteiger partial charge >= 0.3 is 0 Å². The van der Waals surface area contributed by atoms with Gasteiger partial charge in [0.2, 0.25) is 5.95 Å². The van der Waals surface area contributed by atoms with Crippen molar-refractivity contribution in [2.75, 3.05) is 10.6 Å². The summed E-state index contributed by atoms with van der Waals surface area (Å²) in [4.78, 5) is 20.3. The summed E-state index contributed by atoms with van der Waals surface area (Å²) in [7, 11) is 0. The van der Waals surface area contributed by atoms with E-state index in [4.69, 9.17) is 23.2 Å². The molecule has 1 heterocycles. The minimum Gasteiger partial charge on any atom is -0.324 e. The topological polar surface area (TPSA) is 66.9 Å². The molecule has 1 aromatic heterocycles. The van der Waals surface area contributed by atoms with Gasteiger partial charge in [0.15, 0.2) is 11.6 Å². The summed E-state index contributed by atoms with van der Waals surface area (Å²) in [6, 6.07) is 9.28. The molecule has 0 atom stereocenters. The first-order chi connectivity index (χ1) is 12.4. The number of amides is 1. The Morgan fingerprint density at radius 1 is 1.00 bits per heavy atom. The average molecular weight is 395 g/mol. The third kappa shape index (κ3) is 4.25. The van der Waals surface area contributed by atoms with Crippen molar-refractivity contribution in [1.29, 1.82) is 0 Å². The van der Waals surface area contributed by atoms with Gasteiger partial charge in [0.25, 0.3) is 5.91 Å². The number of hydrogen-bond acceptors (Lipinski definition) is 4. The lowest BCUT2D eigenvalue weighted by Crippen LogP contribution is -2.15. The van der Waals surface area contributed by atoms with Gasteiger partial charge in [-0.15, -0.1) is 0 Å². The molecule has 5 nitrogen and oxygen atoms in total. The average Bonchev–Trinajstić information content (AvgIpc) is 2.61. The van der Waals surface area contributed by atoms with Crippen LogP contribution in [0.15, 0.2) is 48.7 Å². The Bertz CT molecular complexity index is 985. The van der Waals surface area contributed by atoms with Crippen LogP contribution in [-0.2, 0) is 0 Å². The van der Waals surface area contributed by atoms with Gasteiger partial charge in [-0.1, -0.05) is 23.2 Å². The Balaban J connectivity index is 1.78. The quantitative estimate of drug-likeness (QED) is 0.648. The summed E-state index contributed by atoms with van der Waals surface area (Å²) in [5.41, 5.74) is 0.610. The van der Waals surface area contributed by atoms with Crippen molar-refractivity contribution >= 4 is 46.4 Å². The molecule has 0 radical (unpaired) electrons. The highest BCUT2D eigenvalue weighted by Gasteiger charge is 2.12. The minimum absolute atomic E-state index is 0.0425. The molecule has 3 aromatic rings. The number of nitrogens with one attached hydrogen (secondary N) is 2. The zero-order chi connectivity index (χ0) is 18.7. The lowest BCUT2D eigenvalue weighted by Gasteiger charge is -2.09. The van der Waals surface area contributed by atoms with Crippen LogP contribution in [0.25, 0.3) is 0 Å². The van der Waals surface area contributed by atoms with E-state index in [0.29, 0.717) is 15.7 Å².